The average molecular weight is 194 g/mol. The molecule has 0 aromatic carbocycles. The van der Waals surface area contributed by atoms with Crippen molar-refractivity contribution in [3.05, 3.63) is 18.2 Å². The van der Waals surface area contributed by atoms with E-state index in [4.69, 9.17) is 0 Å². The van der Waals surface area contributed by atoms with Crippen LogP contribution < -0.4 is 0 Å². The van der Waals surface area contributed by atoms with Crippen molar-refractivity contribution in [3.63, 3.8) is 0 Å². The van der Waals surface area contributed by atoms with Crippen molar-refractivity contribution in [1.29, 1.82) is 0 Å². The number of esters is 1. The Bertz CT molecular complexity index is 433. The summed E-state index contributed by atoms with van der Waals surface area (Å²) in [5.41, 5.74) is 0.184. The zero-order valence-corrected chi connectivity index (χ0v) is 7.21. The first-order valence-electron chi connectivity index (χ1n) is 3.67. The summed E-state index contributed by atoms with van der Waals surface area (Å²) in [7, 11) is 1.28. The Morgan fingerprint density at radius 2 is 2.50 bits per heavy atom. The molecule has 8 nitrogen and oxygen atoms in total. The molecule has 2 rings (SSSR count). The molecule has 1 N–H and O–H groups in total. The molecule has 0 fully saturated rings. The molecule has 72 valence electrons. The zero-order chi connectivity index (χ0) is 9.97. The van der Waals surface area contributed by atoms with Gasteiger partial charge >= 0.3 is 5.97 Å². The highest BCUT2D eigenvalue weighted by atomic mass is 16.5. The van der Waals surface area contributed by atoms with Gasteiger partial charge in [-0.3, -0.25) is 0 Å². The summed E-state index contributed by atoms with van der Waals surface area (Å²) in [6.07, 6.45) is 2.59. The van der Waals surface area contributed by atoms with Gasteiger partial charge in [0, 0.05) is 0 Å². The summed E-state index contributed by atoms with van der Waals surface area (Å²) in [4.78, 5) is 15.0. The highest BCUT2D eigenvalue weighted by Crippen LogP contribution is 2.03. The zero-order valence-electron chi connectivity index (χ0n) is 7.21. The Kier molecular flexibility index (Phi) is 1.94. The van der Waals surface area contributed by atoms with Crippen molar-refractivity contribution in [2.24, 2.45) is 0 Å². The molecule has 2 heterocycles. The van der Waals surface area contributed by atoms with Crippen molar-refractivity contribution >= 4 is 5.97 Å². The predicted molar refractivity (Wildman–Crippen MR) is 42.6 cm³/mol. The number of nitrogens with one attached hydrogen (secondary N) is 1. The Morgan fingerprint density at radius 1 is 1.64 bits per heavy atom. The fraction of sp³-hybridized carbons (Fsp3) is 0.167. The SMILES string of the molecule is COC(=O)c1cnnn1-c1ncn[nH]1. The topological polar surface area (TPSA) is 98.6 Å². The van der Waals surface area contributed by atoms with Crippen molar-refractivity contribution < 1.29 is 9.53 Å². The normalized spacial score (nSPS) is 10.1. The molecule has 0 spiro atoms. The third-order valence-electron chi connectivity index (χ3n) is 1.55. The molecule has 0 bridgehead atoms. The fourth-order valence-corrected chi connectivity index (χ4v) is 0.936. The van der Waals surface area contributed by atoms with Crippen molar-refractivity contribution in [3.8, 4) is 5.95 Å². The number of ether oxygens (including phenoxy) is 1. The third-order valence-corrected chi connectivity index (χ3v) is 1.55. The minimum Gasteiger partial charge on any atom is -0.464 e. The third kappa shape index (κ3) is 1.22. The van der Waals surface area contributed by atoms with Crippen LogP contribution in [0.1, 0.15) is 10.5 Å². The lowest BCUT2D eigenvalue weighted by Crippen LogP contribution is -2.11. The van der Waals surface area contributed by atoms with Gasteiger partial charge in [0.1, 0.15) is 6.33 Å². The van der Waals surface area contributed by atoms with Gasteiger partial charge in [0.25, 0.3) is 0 Å². The number of aromatic nitrogens is 6. The molecule has 2 aromatic heterocycles. The second-order valence-corrected chi connectivity index (χ2v) is 2.33. The van der Waals surface area contributed by atoms with Crippen LogP contribution in [0.5, 0.6) is 0 Å². The van der Waals surface area contributed by atoms with Gasteiger partial charge in [-0.1, -0.05) is 5.21 Å². The van der Waals surface area contributed by atoms with E-state index in [-0.39, 0.29) is 5.69 Å². The van der Waals surface area contributed by atoms with E-state index in [0.717, 1.165) is 0 Å². The molecule has 0 unspecified atom stereocenters. The maximum absolute atomic E-state index is 11.2. The highest BCUT2D eigenvalue weighted by molar-refractivity contribution is 5.87. The molecule has 0 saturated heterocycles. The Labute approximate surface area is 77.9 Å². The molecule has 2 aromatic rings. The van der Waals surface area contributed by atoms with Crippen LogP contribution in [0.4, 0.5) is 0 Å². The van der Waals surface area contributed by atoms with Gasteiger partial charge in [-0.2, -0.15) is 14.8 Å². The van der Waals surface area contributed by atoms with Crippen molar-refractivity contribution in [2.45, 2.75) is 0 Å². The summed E-state index contributed by atoms with van der Waals surface area (Å²) in [6.45, 7) is 0. The van der Waals surface area contributed by atoms with E-state index >= 15 is 0 Å². The van der Waals surface area contributed by atoms with Crippen LogP contribution in [0.25, 0.3) is 5.95 Å². The number of H-pyrrole nitrogens is 1. The maximum atomic E-state index is 11.2. The lowest BCUT2D eigenvalue weighted by Gasteiger charge is -1.98. The molecular weight excluding hydrogens is 188 g/mol. The van der Waals surface area contributed by atoms with E-state index < -0.39 is 5.97 Å². The van der Waals surface area contributed by atoms with Crippen molar-refractivity contribution in [2.75, 3.05) is 7.11 Å². The number of aromatic amines is 1. The molecule has 0 amide bonds. The number of hydrogen-bond acceptors (Lipinski definition) is 6. The summed E-state index contributed by atoms with van der Waals surface area (Å²) < 4.78 is 5.74. The van der Waals surface area contributed by atoms with E-state index in [1.165, 1.54) is 24.3 Å². The molecule has 0 aliphatic rings. The lowest BCUT2D eigenvalue weighted by molar-refractivity contribution is 0.0590. The second-order valence-electron chi connectivity index (χ2n) is 2.33. The Hall–Kier alpha value is -2.25. The highest BCUT2D eigenvalue weighted by Gasteiger charge is 2.15. The van der Waals surface area contributed by atoms with Crippen LogP contribution in [0.3, 0.4) is 0 Å². The Balaban J connectivity index is 2.45. The van der Waals surface area contributed by atoms with E-state index in [9.17, 15) is 4.79 Å². The first-order chi connectivity index (χ1) is 6.83. The molecule has 0 aliphatic heterocycles. The molecule has 0 atom stereocenters. The van der Waals surface area contributed by atoms with Gasteiger partial charge < -0.3 is 4.74 Å². The van der Waals surface area contributed by atoms with Crippen molar-refractivity contribution in [1.82, 2.24) is 30.2 Å². The van der Waals surface area contributed by atoms with Gasteiger partial charge in [-0.05, 0) is 0 Å². The first-order valence-corrected chi connectivity index (χ1v) is 3.67. The molecule has 0 aliphatic carbocycles. The summed E-state index contributed by atoms with van der Waals surface area (Å²) in [5.74, 6) is -0.227. The van der Waals surface area contributed by atoms with Crippen LogP contribution >= 0.6 is 0 Å². The van der Waals surface area contributed by atoms with Crippen LogP contribution in [0.15, 0.2) is 12.5 Å². The summed E-state index contributed by atoms with van der Waals surface area (Å²) >= 11 is 0. The van der Waals surface area contributed by atoms with Crippen LogP contribution in [0, 0.1) is 0 Å². The predicted octanol–water partition coefficient (Wildman–Crippen LogP) is -0.828. The number of methoxy groups -OCH3 is 1. The second kappa shape index (κ2) is 3.24. The van der Waals surface area contributed by atoms with Gasteiger partial charge in [-0.15, -0.1) is 5.10 Å². The number of rotatable bonds is 2. The van der Waals surface area contributed by atoms with Crippen LogP contribution in [0.2, 0.25) is 0 Å². The quantitative estimate of drug-likeness (QED) is 0.626. The Morgan fingerprint density at radius 3 is 3.14 bits per heavy atom. The largest absolute Gasteiger partial charge is 0.464 e. The van der Waals surface area contributed by atoms with Gasteiger partial charge in [-0.25, -0.2) is 9.89 Å². The van der Waals surface area contributed by atoms with Crippen LogP contribution in [-0.4, -0.2) is 43.3 Å². The van der Waals surface area contributed by atoms with Gasteiger partial charge in [0.15, 0.2) is 5.69 Å². The average Bonchev–Trinajstić information content (AvgIpc) is 2.85. The fourth-order valence-electron chi connectivity index (χ4n) is 0.936. The minimum atomic E-state index is -0.536. The lowest BCUT2D eigenvalue weighted by atomic mass is 10.5. The summed E-state index contributed by atoms with van der Waals surface area (Å²) in [6, 6.07) is 0. The summed E-state index contributed by atoms with van der Waals surface area (Å²) in [5, 5.41) is 13.4. The minimum absolute atomic E-state index is 0.184. The van der Waals surface area contributed by atoms with Crippen LogP contribution in [-0.2, 0) is 4.74 Å². The standard InChI is InChI=1S/C6H6N6O2/c1-14-5(13)4-2-8-11-12(4)6-7-3-9-10-6/h2-3H,1H3,(H,7,9,10). The van der Waals surface area contributed by atoms with E-state index in [0.29, 0.717) is 5.95 Å². The molecule has 0 saturated carbocycles. The number of nitrogens with zero attached hydrogens (tertiary/aromatic N) is 5. The molecule has 14 heavy (non-hydrogen) atoms. The smallest absolute Gasteiger partial charge is 0.358 e. The molecular formula is C6H6N6O2. The van der Waals surface area contributed by atoms with E-state index in [2.05, 4.69) is 30.2 Å². The molecule has 8 heteroatoms. The number of hydrogen-bond donors (Lipinski definition) is 1. The monoisotopic (exact) mass is 194 g/mol. The van der Waals surface area contributed by atoms with E-state index in [1.807, 2.05) is 0 Å². The van der Waals surface area contributed by atoms with E-state index in [1.54, 1.807) is 0 Å². The molecule has 0 radical (unpaired) electrons. The van der Waals surface area contributed by atoms with Gasteiger partial charge in [0.2, 0.25) is 5.95 Å². The van der Waals surface area contributed by atoms with Gasteiger partial charge in [0.05, 0.1) is 13.3 Å². The number of carbonyl (C=O) groups is 1. The number of carbonyl (C=O) groups excluding carboxylic acids is 1. The maximum Gasteiger partial charge on any atom is 0.358 e. The first kappa shape index (κ1) is 8.35.